The van der Waals surface area contributed by atoms with Gasteiger partial charge in [-0.2, -0.15) is 0 Å². The maximum atomic E-state index is 12.3. The molecule has 0 aliphatic rings. The summed E-state index contributed by atoms with van der Waals surface area (Å²) in [6.45, 7) is 1.62. The van der Waals surface area contributed by atoms with Gasteiger partial charge >= 0.3 is 6.03 Å². The molecule has 0 saturated heterocycles. The van der Waals surface area contributed by atoms with Crippen molar-refractivity contribution in [2.45, 2.75) is 6.54 Å². The summed E-state index contributed by atoms with van der Waals surface area (Å²) in [5, 5.41) is 4.84. The highest BCUT2D eigenvalue weighted by Gasteiger charge is 2.14. The van der Waals surface area contributed by atoms with Crippen LogP contribution in [0.4, 0.5) is 10.5 Å². The Morgan fingerprint density at radius 3 is 3.00 bits per heavy atom. The molecule has 0 aliphatic carbocycles. The molecule has 0 atom stereocenters. The van der Waals surface area contributed by atoms with Gasteiger partial charge in [0.05, 0.1) is 25.0 Å². The van der Waals surface area contributed by atoms with E-state index in [0.717, 1.165) is 4.88 Å². The average molecular weight is 291 g/mol. The molecule has 2 rings (SSSR count). The molecule has 20 heavy (non-hydrogen) atoms. The summed E-state index contributed by atoms with van der Waals surface area (Å²) in [6, 6.07) is 7.44. The number of aromatic nitrogens is 1. The Morgan fingerprint density at radius 1 is 1.45 bits per heavy atom. The van der Waals surface area contributed by atoms with E-state index in [1.807, 2.05) is 23.6 Å². The van der Waals surface area contributed by atoms with E-state index in [-0.39, 0.29) is 6.03 Å². The molecule has 0 bridgehead atoms. The molecule has 6 heteroatoms. The summed E-state index contributed by atoms with van der Waals surface area (Å²) < 4.78 is 5.06. The first kappa shape index (κ1) is 14.5. The largest absolute Gasteiger partial charge is 0.383 e. The number of pyridine rings is 1. The van der Waals surface area contributed by atoms with E-state index < -0.39 is 0 Å². The van der Waals surface area contributed by atoms with E-state index in [0.29, 0.717) is 25.4 Å². The van der Waals surface area contributed by atoms with Crippen LogP contribution in [0.2, 0.25) is 0 Å². The highest BCUT2D eigenvalue weighted by atomic mass is 32.1. The fourth-order valence-electron chi connectivity index (χ4n) is 1.68. The van der Waals surface area contributed by atoms with Gasteiger partial charge in [-0.25, -0.2) is 4.79 Å². The molecule has 0 radical (unpaired) electrons. The molecule has 0 fully saturated rings. The molecule has 0 aliphatic heterocycles. The second kappa shape index (κ2) is 7.62. The number of carbonyl (C=O) groups excluding carboxylic acids is 1. The van der Waals surface area contributed by atoms with Gasteiger partial charge in [0.1, 0.15) is 0 Å². The summed E-state index contributed by atoms with van der Waals surface area (Å²) in [7, 11) is 1.63. The van der Waals surface area contributed by atoms with Gasteiger partial charge in [-0.15, -0.1) is 11.3 Å². The lowest BCUT2D eigenvalue weighted by Gasteiger charge is -2.22. The maximum Gasteiger partial charge on any atom is 0.322 e. The highest BCUT2D eigenvalue weighted by Crippen LogP contribution is 2.13. The predicted octanol–water partition coefficient (Wildman–Crippen LogP) is 2.82. The molecular weight excluding hydrogens is 274 g/mol. The predicted molar refractivity (Wildman–Crippen MR) is 79.9 cm³/mol. The summed E-state index contributed by atoms with van der Waals surface area (Å²) >= 11 is 1.63. The van der Waals surface area contributed by atoms with Crippen LogP contribution in [0.25, 0.3) is 0 Å². The smallest absolute Gasteiger partial charge is 0.322 e. The third-order valence-electron chi connectivity index (χ3n) is 2.69. The molecule has 2 aromatic rings. The lowest BCUT2D eigenvalue weighted by atomic mass is 10.4. The molecule has 0 unspecified atom stereocenters. The van der Waals surface area contributed by atoms with Crippen LogP contribution in [-0.2, 0) is 11.3 Å². The topological polar surface area (TPSA) is 54.5 Å². The Kier molecular flexibility index (Phi) is 5.52. The molecule has 0 saturated carbocycles. The SMILES string of the molecule is COCCN(Cc1cccs1)C(=O)Nc1cccnc1. The van der Waals surface area contributed by atoms with Gasteiger partial charge in [0, 0.05) is 24.7 Å². The lowest BCUT2D eigenvalue weighted by Crippen LogP contribution is -2.36. The fourth-order valence-corrected chi connectivity index (χ4v) is 2.40. The minimum absolute atomic E-state index is 0.150. The zero-order valence-electron chi connectivity index (χ0n) is 11.3. The first-order valence-corrected chi connectivity index (χ1v) is 7.15. The molecule has 0 aromatic carbocycles. The van der Waals surface area contributed by atoms with Gasteiger partial charge in [-0.3, -0.25) is 4.98 Å². The third kappa shape index (κ3) is 4.32. The zero-order valence-corrected chi connectivity index (χ0v) is 12.1. The van der Waals surface area contributed by atoms with E-state index >= 15 is 0 Å². The average Bonchev–Trinajstić information content (AvgIpc) is 2.97. The minimum Gasteiger partial charge on any atom is -0.383 e. The van der Waals surface area contributed by atoms with E-state index in [1.165, 1.54) is 0 Å². The first-order chi connectivity index (χ1) is 9.79. The number of ether oxygens (including phenoxy) is 1. The molecule has 5 nitrogen and oxygen atoms in total. The van der Waals surface area contributed by atoms with Crippen LogP contribution in [0.3, 0.4) is 0 Å². The number of hydrogen-bond donors (Lipinski definition) is 1. The van der Waals surface area contributed by atoms with Gasteiger partial charge in [0.15, 0.2) is 0 Å². The van der Waals surface area contributed by atoms with Crippen molar-refractivity contribution >= 4 is 23.1 Å². The second-order valence-electron chi connectivity index (χ2n) is 4.17. The van der Waals surface area contributed by atoms with Crippen molar-refractivity contribution in [3.8, 4) is 0 Å². The molecule has 2 heterocycles. The van der Waals surface area contributed by atoms with Crippen molar-refractivity contribution < 1.29 is 9.53 Å². The van der Waals surface area contributed by atoms with E-state index in [1.54, 1.807) is 41.8 Å². The number of urea groups is 1. The number of anilines is 1. The standard InChI is InChI=1S/C14H17N3O2S/c1-19-8-7-17(11-13-5-3-9-20-13)14(18)16-12-4-2-6-15-10-12/h2-6,9-10H,7-8,11H2,1H3,(H,16,18). The highest BCUT2D eigenvalue weighted by molar-refractivity contribution is 7.09. The maximum absolute atomic E-state index is 12.3. The van der Waals surface area contributed by atoms with E-state index in [4.69, 9.17) is 4.74 Å². The number of nitrogens with zero attached hydrogens (tertiary/aromatic N) is 2. The van der Waals surface area contributed by atoms with Crippen LogP contribution in [0.15, 0.2) is 42.0 Å². The fraction of sp³-hybridized carbons (Fsp3) is 0.286. The van der Waals surface area contributed by atoms with E-state index in [2.05, 4.69) is 10.3 Å². The zero-order chi connectivity index (χ0) is 14.2. The van der Waals surface area contributed by atoms with Gasteiger partial charge < -0.3 is 15.0 Å². The molecule has 2 amide bonds. The van der Waals surface area contributed by atoms with Gasteiger partial charge in [-0.1, -0.05) is 6.07 Å². The summed E-state index contributed by atoms with van der Waals surface area (Å²) in [5.74, 6) is 0. The van der Waals surface area contributed by atoms with Crippen LogP contribution in [0.1, 0.15) is 4.88 Å². The van der Waals surface area contributed by atoms with Crippen LogP contribution < -0.4 is 5.32 Å². The van der Waals surface area contributed by atoms with Gasteiger partial charge in [-0.05, 0) is 23.6 Å². The number of methoxy groups -OCH3 is 1. The Hall–Kier alpha value is -1.92. The number of amides is 2. The summed E-state index contributed by atoms with van der Waals surface area (Å²) in [6.07, 6.45) is 3.29. The third-order valence-corrected chi connectivity index (χ3v) is 3.55. The number of rotatable bonds is 6. The van der Waals surface area contributed by atoms with Crippen LogP contribution in [0.5, 0.6) is 0 Å². The molecule has 1 N–H and O–H groups in total. The molecule has 0 spiro atoms. The molecule has 106 valence electrons. The van der Waals surface area contributed by atoms with Crippen molar-refractivity contribution in [3.63, 3.8) is 0 Å². The van der Waals surface area contributed by atoms with Crippen molar-refractivity contribution in [1.82, 2.24) is 9.88 Å². The molecule has 2 aromatic heterocycles. The molecular formula is C14H17N3O2S. The van der Waals surface area contributed by atoms with Crippen LogP contribution in [-0.4, -0.2) is 36.2 Å². The van der Waals surface area contributed by atoms with Crippen molar-refractivity contribution in [1.29, 1.82) is 0 Å². The van der Waals surface area contributed by atoms with Gasteiger partial charge in [0.2, 0.25) is 0 Å². The van der Waals surface area contributed by atoms with E-state index in [9.17, 15) is 4.79 Å². The van der Waals surface area contributed by atoms with Gasteiger partial charge in [0.25, 0.3) is 0 Å². The number of hydrogen-bond acceptors (Lipinski definition) is 4. The Labute approximate surface area is 122 Å². The lowest BCUT2D eigenvalue weighted by molar-refractivity contribution is 0.153. The van der Waals surface area contributed by atoms with Crippen LogP contribution >= 0.6 is 11.3 Å². The van der Waals surface area contributed by atoms with Crippen LogP contribution in [0, 0.1) is 0 Å². The number of thiophene rings is 1. The Bertz CT molecular complexity index is 516. The number of carbonyl (C=O) groups is 1. The Morgan fingerprint density at radius 2 is 2.35 bits per heavy atom. The second-order valence-corrected chi connectivity index (χ2v) is 5.20. The minimum atomic E-state index is -0.150. The monoisotopic (exact) mass is 291 g/mol. The summed E-state index contributed by atoms with van der Waals surface area (Å²) in [5.41, 5.74) is 0.686. The normalized spacial score (nSPS) is 10.2. The van der Waals surface area contributed by atoms with Crippen molar-refractivity contribution in [2.24, 2.45) is 0 Å². The van der Waals surface area contributed by atoms with Crippen molar-refractivity contribution in [2.75, 3.05) is 25.6 Å². The van der Waals surface area contributed by atoms with Crippen molar-refractivity contribution in [3.05, 3.63) is 46.9 Å². The number of nitrogens with one attached hydrogen (secondary N) is 1. The first-order valence-electron chi connectivity index (χ1n) is 6.27. The summed E-state index contributed by atoms with van der Waals surface area (Å²) in [4.78, 5) is 19.1. The quantitative estimate of drug-likeness (QED) is 0.890. The Balaban J connectivity index is 1.99.